The summed E-state index contributed by atoms with van der Waals surface area (Å²) in [6.07, 6.45) is 2.62. The molecular weight excluding hydrogens is 404 g/mol. The van der Waals surface area contributed by atoms with Gasteiger partial charge in [-0.15, -0.1) is 10.2 Å². The Morgan fingerprint density at radius 3 is 2.59 bits per heavy atom. The van der Waals surface area contributed by atoms with Gasteiger partial charge in [-0.1, -0.05) is 43.3 Å². The molecule has 1 aromatic heterocycles. The van der Waals surface area contributed by atoms with Crippen LogP contribution in [0.1, 0.15) is 36.8 Å². The molecule has 0 spiro atoms. The Bertz CT molecular complexity index is 1000. The average molecular weight is 437 g/mol. The molecule has 32 heavy (non-hydrogen) atoms. The number of rotatable bonds is 10. The molecule has 3 rings (SSSR count). The van der Waals surface area contributed by atoms with E-state index in [1.54, 1.807) is 20.5 Å². The van der Waals surface area contributed by atoms with Crippen LogP contribution in [0.5, 0.6) is 11.5 Å². The van der Waals surface area contributed by atoms with Gasteiger partial charge in [-0.2, -0.15) is 0 Å². The first-order valence-corrected chi connectivity index (χ1v) is 10.8. The fraction of sp³-hybridized carbons (Fsp3) is 0.375. The van der Waals surface area contributed by atoms with E-state index in [-0.39, 0.29) is 6.04 Å². The van der Waals surface area contributed by atoms with E-state index in [0.29, 0.717) is 24.6 Å². The second-order valence-electron chi connectivity index (χ2n) is 7.35. The monoisotopic (exact) mass is 436 g/mol. The summed E-state index contributed by atoms with van der Waals surface area (Å²) < 4.78 is 12.8. The number of guanidine groups is 1. The Morgan fingerprint density at radius 2 is 1.88 bits per heavy atom. The minimum absolute atomic E-state index is 0.106. The summed E-state index contributed by atoms with van der Waals surface area (Å²) in [5.41, 5.74) is 2.23. The third-order valence-electron chi connectivity index (χ3n) is 5.18. The number of hydrogen-bond acceptors (Lipinski definition) is 5. The van der Waals surface area contributed by atoms with Gasteiger partial charge in [-0.25, -0.2) is 4.99 Å². The van der Waals surface area contributed by atoms with Crippen molar-refractivity contribution < 1.29 is 9.47 Å². The SMILES string of the molecule is CCc1nncn1CCNC(=NCc1ccc(OC)c(OC)c1)NC(C)c1ccccc1. The van der Waals surface area contributed by atoms with Crippen LogP contribution in [0.15, 0.2) is 59.9 Å². The quantitative estimate of drug-likeness (QED) is 0.374. The Balaban J connectivity index is 1.71. The van der Waals surface area contributed by atoms with Crippen LogP contribution in [0.3, 0.4) is 0 Å². The largest absolute Gasteiger partial charge is 0.493 e. The van der Waals surface area contributed by atoms with E-state index in [4.69, 9.17) is 14.5 Å². The molecule has 8 heteroatoms. The normalized spacial score (nSPS) is 12.3. The minimum Gasteiger partial charge on any atom is -0.493 e. The smallest absolute Gasteiger partial charge is 0.192 e. The van der Waals surface area contributed by atoms with E-state index in [1.807, 2.05) is 36.4 Å². The van der Waals surface area contributed by atoms with Crippen LogP contribution < -0.4 is 20.1 Å². The zero-order valence-electron chi connectivity index (χ0n) is 19.2. The number of aliphatic imine (C=N–C) groups is 1. The van der Waals surface area contributed by atoms with Gasteiger partial charge < -0.3 is 24.7 Å². The van der Waals surface area contributed by atoms with Crippen LogP contribution in [0.4, 0.5) is 0 Å². The van der Waals surface area contributed by atoms with Gasteiger partial charge in [0.05, 0.1) is 26.8 Å². The number of nitrogens with zero attached hydrogens (tertiary/aromatic N) is 4. The predicted octanol–water partition coefficient (Wildman–Crippen LogP) is 3.35. The Hall–Kier alpha value is -3.55. The topological polar surface area (TPSA) is 85.6 Å². The standard InChI is InChI=1S/C24H32N6O2/c1-5-23-29-27-17-30(23)14-13-25-24(28-18(2)20-9-7-6-8-10-20)26-16-19-11-12-21(31-3)22(15-19)32-4/h6-12,15,17-18H,5,13-14,16H2,1-4H3,(H2,25,26,28). The molecule has 0 amide bonds. The van der Waals surface area contributed by atoms with Crippen LogP contribution in [0.2, 0.25) is 0 Å². The van der Waals surface area contributed by atoms with Gasteiger partial charge in [0.1, 0.15) is 12.2 Å². The number of ether oxygens (including phenoxy) is 2. The highest BCUT2D eigenvalue weighted by Gasteiger charge is 2.09. The maximum atomic E-state index is 5.41. The Kier molecular flexibility index (Phi) is 8.48. The summed E-state index contributed by atoms with van der Waals surface area (Å²) in [5.74, 6) is 3.11. The zero-order chi connectivity index (χ0) is 22.8. The third-order valence-corrected chi connectivity index (χ3v) is 5.18. The number of aromatic nitrogens is 3. The highest BCUT2D eigenvalue weighted by Crippen LogP contribution is 2.27. The first-order chi connectivity index (χ1) is 15.6. The number of nitrogens with one attached hydrogen (secondary N) is 2. The molecule has 2 aromatic carbocycles. The maximum Gasteiger partial charge on any atom is 0.192 e. The summed E-state index contributed by atoms with van der Waals surface area (Å²) in [4.78, 5) is 4.81. The van der Waals surface area contributed by atoms with Crippen molar-refractivity contribution in [3.8, 4) is 11.5 Å². The van der Waals surface area contributed by atoms with Crippen molar-refractivity contribution in [3.63, 3.8) is 0 Å². The maximum absolute atomic E-state index is 5.41. The molecule has 2 N–H and O–H groups in total. The van der Waals surface area contributed by atoms with Crippen LogP contribution in [0, 0.1) is 0 Å². The zero-order valence-corrected chi connectivity index (χ0v) is 19.2. The molecule has 0 saturated heterocycles. The average Bonchev–Trinajstić information content (AvgIpc) is 3.30. The molecule has 0 saturated carbocycles. The Labute approximate surface area is 189 Å². The van der Waals surface area contributed by atoms with Crippen LogP contribution in [0.25, 0.3) is 0 Å². The number of benzene rings is 2. The molecule has 1 unspecified atom stereocenters. The third kappa shape index (κ3) is 6.23. The van der Waals surface area contributed by atoms with Gasteiger partial charge in [0.2, 0.25) is 0 Å². The molecule has 0 bridgehead atoms. The number of hydrogen-bond donors (Lipinski definition) is 2. The summed E-state index contributed by atoms with van der Waals surface area (Å²) in [5, 5.41) is 15.1. The van der Waals surface area contributed by atoms with Crippen molar-refractivity contribution in [3.05, 3.63) is 71.8 Å². The Morgan fingerprint density at radius 1 is 1.09 bits per heavy atom. The van der Waals surface area contributed by atoms with Gasteiger partial charge in [-0.05, 0) is 30.2 Å². The molecule has 0 aliphatic carbocycles. The lowest BCUT2D eigenvalue weighted by atomic mass is 10.1. The van der Waals surface area contributed by atoms with E-state index >= 15 is 0 Å². The number of methoxy groups -OCH3 is 2. The van der Waals surface area contributed by atoms with E-state index in [9.17, 15) is 0 Å². The molecule has 3 aromatic rings. The van der Waals surface area contributed by atoms with Crippen LogP contribution >= 0.6 is 0 Å². The lowest BCUT2D eigenvalue weighted by Crippen LogP contribution is -2.40. The first kappa shape index (κ1) is 23.1. The summed E-state index contributed by atoms with van der Waals surface area (Å²) >= 11 is 0. The summed E-state index contributed by atoms with van der Waals surface area (Å²) in [6.45, 7) is 6.16. The lowest BCUT2D eigenvalue weighted by Gasteiger charge is -2.19. The molecule has 0 aliphatic rings. The molecular formula is C24H32N6O2. The highest BCUT2D eigenvalue weighted by atomic mass is 16.5. The van der Waals surface area contributed by atoms with Crippen molar-refractivity contribution in [1.29, 1.82) is 0 Å². The van der Waals surface area contributed by atoms with Crippen LogP contribution in [-0.2, 0) is 19.5 Å². The second kappa shape index (κ2) is 11.7. The molecule has 1 heterocycles. The van der Waals surface area contributed by atoms with E-state index in [0.717, 1.165) is 30.3 Å². The van der Waals surface area contributed by atoms with Gasteiger partial charge in [0.15, 0.2) is 17.5 Å². The van der Waals surface area contributed by atoms with E-state index < -0.39 is 0 Å². The van der Waals surface area contributed by atoms with Crippen molar-refractivity contribution in [2.75, 3.05) is 20.8 Å². The van der Waals surface area contributed by atoms with Gasteiger partial charge >= 0.3 is 0 Å². The summed E-state index contributed by atoms with van der Waals surface area (Å²) in [6, 6.07) is 16.3. The molecule has 0 aliphatic heterocycles. The summed E-state index contributed by atoms with van der Waals surface area (Å²) in [7, 11) is 3.27. The van der Waals surface area contributed by atoms with Gasteiger partial charge in [0.25, 0.3) is 0 Å². The number of aryl methyl sites for hydroxylation is 1. The van der Waals surface area contributed by atoms with Gasteiger partial charge in [0, 0.05) is 19.5 Å². The molecule has 1 atom stereocenters. The molecule has 8 nitrogen and oxygen atoms in total. The van der Waals surface area contributed by atoms with E-state index in [2.05, 4.69) is 51.4 Å². The lowest BCUT2D eigenvalue weighted by molar-refractivity contribution is 0.354. The molecule has 0 fully saturated rings. The van der Waals surface area contributed by atoms with Crippen molar-refractivity contribution in [2.45, 2.75) is 39.4 Å². The van der Waals surface area contributed by atoms with Crippen molar-refractivity contribution in [1.82, 2.24) is 25.4 Å². The van der Waals surface area contributed by atoms with Gasteiger partial charge in [-0.3, -0.25) is 0 Å². The predicted molar refractivity (Wildman–Crippen MR) is 126 cm³/mol. The minimum atomic E-state index is 0.106. The van der Waals surface area contributed by atoms with Crippen molar-refractivity contribution >= 4 is 5.96 Å². The first-order valence-electron chi connectivity index (χ1n) is 10.8. The second-order valence-corrected chi connectivity index (χ2v) is 7.35. The molecule has 0 radical (unpaired) electrons. The highest BCUT2D eigenvalue weighted by molar-refractivity contribution is 5.80. The van der Waals surface area contributed by atoms with Crippen molar-refractivity contribution in [2.24, 2.45) is 4.99 Å². The molecule has 170 valence electrons. The van der Waals surface area contributed by atoms with Crippen LogP contribution in [-0.4, -0.2) is 41.5 Å². The van der Waals surface area contributed by atoms with E-state index in [1.165, 1.54) is 5.56 Å². The fourth-order valence-corrected chi connectivity index (χ4v) is 3.37. The fourth-order valence-electron chi connectivity index (χ4n) is 3.37.